The third kappa shape index (κ3) is 3.60. The second-order valence-corrected chi connectivity index (χ2v) is 4.00. The Morgan fingerprint density at radius 3 is 2.76 bits per heavy atom. The molecule has 0 aliphatic rings. The summed E-state index contributed by atoms with van der Waals surface area (Å²) in [6, 6.07) is 5.69. The van der Waals surface area contributed by atoms with Crippen molar-refractivity contribution >= 4 is 6.29 Å². The maximum atomic E-state index is 12.3. The number of nitriles is 1. The predicted molar refractivity (Wildman–Crippen MR) is 65.3 cm³/mol. The molecule has 108 valence electrons. The van der Waals surface area contributed by atoms with Gasteiger partial charge < -0.3 is 4.74 Å². The Morgan fingerprint density at radius 1 is 1.38 bits per heavy atom. The molecule has 2 aromatic rings. The minimum atomic E-state index is -4.89. The fourth-order valence-electron chi connectivity index (χ4n) is 1.70. The summed E-state index contributed by atoms with van der Waals surface area (Å²) in [6.07, 6.45) is -1.69. The summed E-state index contributed by atoms with van der Waals surface area (Å²) >= 11 is 0. The van der Waals surface area contributed by atoms with E-state index in [1.54, 1.807) is 0 Å². The summed E-state index contributed by atoms with van der Waals surface area (Å²) in [4.78, 5) is 10.8. The van der Waals surface area contributed by atoms with Crippen LogP contribution in [-0.2, 0) is 6.54 Å². The third-order valence-corrected chi connectivity index (χ3v) is 2.57. The van der Waals surface area contributed by atoms with Gasteiger partial charge in [-0.15, -0.1) is 13.2 Å². The highest BCUT2D eigenvalue weighted by molar-refractivity contribution is 5.81. The number of carbonyl (C=O) groups is 1. The molecule has 0 fully saturated rings. The van der Waals surface area contributed by atoms with Crippen molar-refractivity contribution in [3.8, 4) is 22.9 Å². The highest BCUT2D eigenvalue weighted by atomic mass is 19.4. The van der Waals surface area contributed by atoms with Crippen LogP contribution in [0.25, 0.3) is 11.1 Å². The minimum absolute atomic E-state index is 0.0261. The van der Waals surface area contributed by atoms with Gasteiger partial charge in [-0.2, -0.15) is 10.4 Å². The van der Waals surface area contributed by atoms with Gasteiger partial charge in [-0.3, -0.25) is 9.48 Å². The zero-order chi connectivity index (χ0) is 15.5. The Morgan fingerprint density at radius 2 is 2.14 bits per heavy atom. The average molecular weight is 295 g/mol. The fourth-order valence-corrected chi connectivity index (χ4v) is 1.70. The molecule has 1 aromatic heterocycles. The molecule has 0 aliphatic heterocycles. The van der Waals surface area contributed by atoms with Crippen LogP contribution >= 0.6 is 0 Å². The number of hydrogen-bond donors (Lipinski definition) is 0. The molecule has 0 unspecified atom stereocenters. The van der Waals surface area contributed by atoms with Crippen LogP contribution in [0.1, 0.15) is 10.4 Å². The van der Waals surface area contributed by atoms with Crippen molar-refractivity contribution < 1.29 is 22.7 Å². The van der Waals surface area contributed by atoms with Gasteiger partial charge in [0.25, 0.3) is 0 Å². The number of aromatic nitrogens is 2. The summed E-state index contributed by atoms with van der Waals surface area (Å²) in [5.41, 5.74) is 0.694. The van der Waals surface area contributed by atoms with Gasteiger partial charge in [-0.25, -0.2) is 0 Å². The molecule has 0 saturated carbocycles. The molecule has 21 heavy (non-hydrogen) atoms. The Bertz CT molecular complexity index is 701. The van der Waals surface area contributed by atoms with E-state index in [0.717, 1.165) is 6.07 Å². The molecule has 0 bridgehead atoms. The van der Waals surface area contributed by atoms with Crippen molar-refractivity contribution in [2.75, 3.05) is 0 Å². The van der Waals surface area contributed by atoms with E-state index in [9.17, 15) is 18.0 Å². The van der Waals surface area contributed by atoms with Crippen LogP contribution in [0.15, 0.2) is 30.6 Å². The molecule has 1 heterocycles. The monoisotopic (exact) mass is 295 g/mol. The molecule has 2 rings (SSSR count). The lowest BCUT2D eigenvalue weighted by Crippen LogP contribution is -2.18. The molecule has 8 heteroatoms. The lowest BCUT2D eigenvalue weighted by atomic mass is 10.1. The predicted octanol–water partition coefficient (Wildman–Crippen LogP) is 2.78. The first-order valence-corrected chi connectivity index (χ1v) is 5.67. The van der Waals surface area contributed by atoms with E-state index in [2.05, 4.69) is 9.84 Å². The standard InChI is InChI=1S/C13H8F3N3O2/c14-13(15,16)21-12-5-9(1-2-10(12)8-20)11-6-18-19(7-11)4-3-17/h1-2,5-8H,4H2. The summed E-state index contributed by atoms with van der Waals surface area (Å²) in [5, 5.41) is 12.4. The quantitative estimate of drug-likeness (QED) is 0.813. The Hall–Kier alpha value is -2.82. The number of alkyl halides is 3. The van der Waals surface area contributed by atoms with Crippen LogP contribution in [0, 0.1) is 11.3 Å². The number of rotatable bonds is 4. The lowest BCUT2D eigenvalue weighted by Gasteiger charge is -2.11. The fraction of sp³-hybridized carbons (Fsp3) is 0.154. The van der Waals surface area contributed by atoms with E-state index in [1.165, 1.54) is 29.2 Å². The molecular formula is C13H8F3N3O2. The van der Waals surface area contributed by atoms with E-state index in [-0.39, 0.29) is 18.4 Å². The zero-order valence-electron chi connectivity index (χ0n) is 10.5. The van der Waals surface area contributed by atoms with Crippen molar-refractivity contribution in [1.82, 2.24) is 9.78 Å². The normalized spacial score (nSPS) is 11.0. The van der Waals surface area contributed by atoms with Crippen molar-refractivity contribution in [1.29, 1.82) is 5.26 Å². The van der Waals surface area contributed by atoms with E-state index >= 15 is 0 Å². The number of benzene rings is 1. The van der Waals surface area contributed by atoms with Crippen LogP contribution in [0.4, 0.5) is 13.2 Å². The summed E-state index contributed by atoms with van der Waals surface area (Å²) in [7, 11) is 0. The molecule has 0 atom stereocenters. The summed E-state index contributed by atoms with van der Waals surface area (Å²) in [5.74, 6) is -0.581. The van der Waals surface area contributed by atoms with Crippen molar-refractivity contribution in [2.24, 2.45) is 0 Å². The van der Waals surface area contributed by atoms with Gasteiger partial charge >= 0.3 is 6.36 Å². The molecule has 1 aromatic carbocycles. The number of ether oxygens (including phenoxy) is 1. The number of nitrogens with zero attached hydrogens (tertiary/aromatic N) is 3. The van der Waals surface area contributed by atoms with E-state index in [4.69, 9.17) is 5.26 Å². The topological polar surface area (TPSA) is 67.9 Å². The first-order valence-electron chi connectivity index (χ1n) is 5.67. The SMILES string of the molecule is N#CCn1cc(-c2ccc(C=O)c(OC(F)(F)F)c2)cn1. The van der Waals surface area contributed by atoms with E-state index in [0.29, 0.717) is 11.1 Å². The number of halogens is 3. The van der Waals surface area contributed by atoms with Gasteiger partial charge in [0.2, 0.25) is 0 Å². The Kier molecular flexibility index (Phi) is 3.93. The maximum Gasteiger partial charge on any atom is 0.573 e. The second kappa shape index (κ2) is 5.66. The molecule has 5 nitrogen and oxygen atoms in total. The van der Waals surface area contributed by atoms with E-state index < -0.39 is 12.1 Å². The Balaban J connectivity index is 2.38. The second-order valence-electron chi connectivity index (χ2n) is 4.00. The van der Waals surface area contributed by atoms with Crippen LogP contribution in [0.3, 0.4) is 0 Å². The summed E-state index contributed by atoms with van der Waals surface area (Å²) < 4.78 is 42.1. The van der Waals surface area contributed by atoms with Crippen molar-refractivity contribution in [3.63, 3.8) is 0 Å². The van der Waals surface area contributed by atoms with Gasteiger partial charge in [-0.05, 0) is 17.7 Å². The summed E-state index contributed by atoms with van der Waals surface area (Å²) in [6.45, 7) is 0.0261. The molecule has 0 saturated heterocycles. The number of aldehydes is 1. The van der Waals surface area contributed by atoms with Gasteiger partial charge in [0.05, 0.1) is 17.8 Å². The largest absolute Gasteiger partial charge is 0.573 e. The molecule has 0 aliphatic carbocycles. The van der Waals surface area contributed by atoms with Gasteiger partial charge in [0.15, 0.2) is 6.29 Å². The van der Waals surface area contributed by atoms with Crippen molar-refractivity contribution in [3.05, 3.63) is 36.2 Å². The van der Waals surface area contributed by atoms with Gasteiger partial charge in [-0.1, -0.05) is 6.07 Å². The van der Waals surface area contributed by atoms with Crippen LogP contribution in [0.5, 0.6) is 5.75 Å². The smallest absolute Gasteiger partial charge is 0.405 e. The lowest BCUT2D eigenvalue weighted by molar-refractivity contribution is -0.274. The first kappa shape index (κ1) is 14.6. The highest BCUT2D eigenvalue weighted by Crippen LogP contribution is 2.30. The molecule has 0 amide bonds. The van der Waals surface area contributed by atoms with Crippen LogP contribution in [0.2, 0.25) is 0 Å². The maximum absolute atomic E-state index is 12.3. The third-order valence-electron chi connectivity index (χ3n) is 2.57. The zero-order valence-corrected chi connectivity index (χ0v) is 10.5. The molecule has 0 N–H and O–H groups in total. The van der Waals surface area contributed by atoms with Gasteiger partial charge in [0, 0.05) is 11.8 Å². The number of hydrogen-bond acceptors (Lipinski definition) is 4. The minimum Gasteiger partial charge on any atom is -0.405 e. The average Bonchev–Trinajstić information content (AvgIpc) is 2.86. The van der Waals surface area contributed by atoms with Crippen LogP contribution < -0.4 is 4.74 Å². The highest BCUT2D eigenvalue weighted by Gasteiger charge is 2.32. The van der Waals surface area contributed by atoms with E-state index in [1.807, 2.05) is 6.07 Å². The number of carbonyl (C=O) groups excluding carboxylic acids is 1. The van der Waals surface area contributed by atoms with Gasteiger partial charge in [0.1, 0.15) is 12.3 Å². The molecule has 0 radical (unpaired) electrons. The molecule has 0 spiro atoms. The molecular weight excluding hydrogens is 287 g/mol. The van der Waals surface area contributed by atoms with Crippen molar-refractivity contribution in [2.45, 2.75) is 12.9 Å². The van der Waals surface area contributed by atoms with Crippen LogP contribution in [-0.4, -0.2) is 22.4 Å². The first-order chi connectivity index (χ1) is 9.93. The Labute approximate surface area is 117 Å².